The maximum Gasteiger partial charge on any atom is 0.200 e. The van der Waals surface area contributed by atoms with Crippen LogP contribution in [-0.4, -0.2) is 50.8 Å². The van der Waals surface area contributed by atoms with Crippen molar-refractivity contribution in [2.75, 3.05) is 31.1 Å². The first-order valence-electron chi connectivity index (χ1n) is 8.48. The first-order valence-corrected chi connectivity index (χ1v) is 8.48. The molecule has 0 N–H and O–H groups in total. The summed E-state index contributed by atoms with van der Waals surface area (Å²) in [5, 5.41) is 4.93. The van der Waals surface area contributed by atoms with Crippen LogP contribution >= 0.6 is 0 Å². The molecule has 0 saturated carbocycles. The first kappa shape index (κ1) is 18.5. The number of rotatable bonds is 3. The number of aromatic nitrogens is 4. The Hall–Kier alpha value is -2.82. The lowest BCUT2D eigenvalue weighted by atomic mass is 10.1. The minimum atomic E-state index is -2.15. The molecule has 1 aliphatic rings. The van der Waals surface area contributed by atoms with E-state index in [4.69, 9.17) is 0 Å². The number of anilines is 1. The molecule has 6 nitrogen and oxygen atoms in total. The molecule has 0 amide bonds. The van der Waals surface area contributed by atoms with Crippen molar-refractivity contribution in [3.63, 3.8) is 0 Å². The smallest absolute Gasteiger partial charge is 0.200 e. The van der Waals surface area contributed by atoms with E-state index in [1.807, 2.05) is 4.90 Å². The van der Waals surface area contributed by atoms with Gasteiger partial charge in [-0.15, -0.1) is 0 Å². The summed E-state index contributed by atoms with van der Waals surface area (Å²) in [4.78, 5) is 12.1. The van der Waals surface area contributed by atoms with E-state index in [-0.39, 0.29) is 6.54 Å². The van der Waals surface area contributed by atoms with Crippen LogP contribution in [0.1, 0.15) is 5.56 Å². The van der Waals surface area contributed by atoms with Gasteiger partial charge in [0.25, 0.3) is 0 Å². The fourth-order valence-corrected chi connectivity index (χ4v) is 3.33. The minimum Gasteiger partial charge on any atom is -0.353 e. The van der Waals surface area contributed by atoms with E-state index in [1.54, 1.807) is 22.8 Å². The summed E-state index contributed by atoms with van der Waals surface area (Å²) in [5.41, 5.74) is -0.143. The molecule has 0 radical (unpaired) electrons. The molecule has 11 heteroatoms. The van der Waals surface area contributed by atoms with E-state index in [0.29, 0.717) is 37.6 Å². The van der Waals surface area contributed by atoms with Gasteiger partial charge >= 0.3 is 0 Å². The van der Waals surface area contributed by atoms with Gasteiger partial charge in [-0.3, -0.25) is 9.58 Å². The Morgan fingerprint density at radius 2 is 1.46 bits per heavy atom. The highest BCUT2D eigenvalue weighted by atomic mass is 19.2. The number of halogens is 5. The third-order valence-corrected chi connectivity index (χ3v) is 4.86. The number of aryl methyl sites for hydroxylation is 1. The second kappa shape index (κ2) is 6.97. The predicted molar refractivity (Wildman–Crippen MR) is 90.0 cm³/mol. The van der Waals surface area contributed by atoms with Crippen LogP contribution in [-0.2, 0) is 13.6 Å². The molecule has 0 unspecified atom stereocenters. The van der Waals surface area contributed by atoms with E-state index < -0.39 is 34.6 Å². The summed E-state index contributed by atoms with van der Waals surface area (Å²) in [6.07, 6.45) is 3.09. The molecule has 3 heterocycles. The van der Waals surface area contributed by atoms with Gasteiger partial charge in [0.05, 0.1) is 11.6 Å². The summed E-state index contributed by atoms with van der Waals surface area (Å²) < 4.78 is 69.3. The fraction of sp³-hybridized carbons (Fsp3) is 0.353. The van der Waals surface area contributed by atoms with Crippen LogP contribution in [0.25, 0.3) is 11.0 Å². The Morgan fingerprint density at radius 3 is 2.11 bits per heavy atom. The highest BCUT2D eigenvalue weighted by molar-refractivity contribution is 5.86. The van der Waals surface area contributed by atoms with Crippen molar-refractivity contribution in [2.45, 2.75) is 6.54 Å². The highest BCUT2D eigenvalue weighted by Crippen LogP contribution is 2.26. The third kappa shape index (κ3) is 2.95. The molecule has 2 aromatic heterocycles. The predicted octanol–water partition coefficient (Wildman–Crippen LogP) is 2.38. The van der Waals surface area contributed by atoms with E-state index in [9.17, 15) is 22.0 Å². The Bertz CT molecular complexity index is 1020. The Labute approximate surface area is 156 Å². The van der Waals surface area contributed by atoms with Gasteiger partial charge in [0.1, 0.15) is 12.1 Å². The SMILES string of the molecule is Cn1ncc2c(N3CCN(Cc4c(F)c(F)c(F)c(F)c4F)CC3)ncnc21. The van der Waals surface area contributed by atoms with Crippen LogP contribution in [0.4, 0.5) is 27.8 Å². The standard InChI is InChI=1S/C17H15F5N6/c1-26-16-9(6-25-26)17(24-8-23-16)28-4-2-27(3-5-28)7-10-11(18)13(20)15(22)14(21)12(10)19/h6,8H,2-5,7H2,1H3. The lowest BCUT2D eigenvalue weighted by Crippen LogP contribution is -2.46. The molecule has 1 fully saturated rings. The molecule has 148 valence electrons. The normalized spacial score (nSPS) is 15.6. The zero-order chi connectivity index (χ0) is 20.0. The van der Waals surface area contributed by atoms with Crippen LogP contribution in [0.2, 0.25) is 0 Å². The molecule has 1 aromatic carbocycles. The van der Waals surface area contributed by atoms with Crippen molar-refractivity contribution in [1.29, 1.82) is 0 Å². The summed E-state index contributed by atoms with van der Waals surface area (Å²) in [7, 11) is 1.76. The number of benzene rings is 1. The van der Waals surface area contributed by atoms with E-state index in [1.165, 1.54) is 6.33 Å². The molecule has 0 aliphatic carbocycles. The first-order chi connectivity index (χ1) is 13.4. The second-order valence-electron chi connectivity index (χ2n) is 6.51. The summed E-state index contributed by atoms with van der Waals surface area (Å²) >= 11 is 0. The minimum absolute atomic E-state index is 0.366. The average Bonchev–Trinajstić information content (AvgIpc) is 3.10. The van der Waals surface area contributed by atoms with E-state index in [0.717, 1.165) is 5.39 Å². The Balaban J connectivity index is 1.51. The van der Waals surface area contributed by atoms with Crippen molar-refractivity contribution in [3.05, 3.63) is 47.2 Å². The quantitative estimate of drug-likeness (QED) is 0.385. The van der Waals surface area contributed by atoms with Crippen molar-refractivity contribution in [1.82, 2.24) is 24.6 Å². The van der Waals surface area contributed by atoms with Crippen LogP contribution in [0.15, 0.2) is 12.5 Å². The topological polar surface area (TPSA) is 50.1 Å². The molecule has 1 saturated heterocycles. The van der Waals surface area contributed by atoms with Gasteiger partial charge in [-0.05, 0) is 0 Å². The average molecular weight is 398 g/mol. The number of nitrogens with zero attached hydrogens (tertiary/aromatic N) is 6. The van der Waals surface area contributed by atoms with E-state index in [2.05, 4.69) is 15.1 Å². The molecule has 3 aromatic rings. The zero-order valence-electron chi connectivity index (χ0n) is 14.8. The summed E-state index contributed by atoms with van der Waals surface area (Å²) in [6.45, 7) is 1.30. The number of fused-ring (bicyclic) bond motifs is 1. The van der Waals surface area contributed by atoms with Gasteiger partial charge in [-0.25, -0.2) is 31.9 Å². The van der Waals surface area contributed by atoms with Crippen LogP contribution in [0, 0.1) is 29.1 Å². The molecule has 28 heavy (non-hydrogen) atoms. The Kier molecular flexibility index (Phi) is 4.61. The molecule has 4 rings (SSSR count). The van der Waals surface area contributed by atoms with Crippen LogP contribution in [0.3, 0.4) is 0 Å². The largest absolute Gasteiger partial charge is 0.353 e. The number of piperazine rings is 1. The van der Waals surface area contributed by atoms with Gasteiger partial charge in [-0.1, -0.05) is 0 Å². The number of hydrogen-bond donors (Lipinski definition) is 0. The van der Waals surface area contributed by atoms with Gasteiger partial charge in [0.2, 0.25) is 5.82 Å². The van der Waals surface area contributed by atoms with E-state index >= 15 is 0 Å². The monoisotopic (exact) mass is 398 g/mol. The molecule has 0 bridgehead atoms. The summed E-state index contributed by atoms with van der Waals surface area (Å²) in [5.74, 6) is -8.87. The molecular weight excluding hydrogens is 383 g/mol. The second-order valence-corrected chi connectivity index (χ2v) is 6.51. The van der Waals surface area contributed by atoms with Gasteiger partial charge in [0.15, 0.2) is 28.9 Å². The maximum absolute atomic E-state index is 13.9. The third-order valence-electron chi connectivity index (χ3n) is 4.86. The lowest BCUT2D eigenvalue weighted by Gasteiger charge is -2.35. The Morgan fingerprint density at radius 1 is 0.857 bits per heavy atom. The van der Waals surface area contributed by atoms with Crippen LogP contribution in [0.5, 0.6) is 0 Å². The molecule has 0 spiro atoms. The molecule has 1 aliphatic heterocycles. The molecule has 0 atom stereocenters. The highest BCUT2D eigenvalue weighted by Gasteiger charge is 2.28. The number of hydrogen-bond acceptors (Lipinski definition) is 5. The van der Waals surface area contributed by atoms with Crippen molar-refractivity contribution < 1.29 is 22.0 Å². The van der Waals surface area contributed by atoms with Crippen molar-refractivity contribution in [3.8, 4) is 0 Å². The van der Waals surface area contributed by atoms with Crippen molar-refractivity contribution in [2.24, 2.45) is 7.05 Å². The van der Waals surface area contributed by atoms with Gasteiger partial charge in [-0.2, -0.15) is 5.10 Å². The molecular formula is C17H15F5N6. The zero-order valence-corrected chi connectivity index (χ0v) is 14.8. The fourth-order valence-electron chi connectivity index (χ4n) is 3.33. The van der Waals surface area contributed by atoms with Crippen LogP contribution < -0.4 is 4.90 Å². The van der Waals surface area contributed by atoms with Gasteiger partial charge in [0, 0.05) is 45.3 Å². The summed E-state index contributed by atoms with van der Waals surface area (Å²) in [6, 6.07) is 0. The van der Waals surface area contributed by atoms with Gasteiger partial charge < -0.3 is 4.90 Å². The van der Waals surface area contributed by atoms with Crippen molar-refractivity contribution >= 4 is 16.9 Å². The lowest BCUT2D eigenvalue weighted by molar-refractivity contribution is 0.237. The maximum atomic E-state index is 13.9.